The van der Waals surface area contributed by atoms with Gasteiger partial charge in [0.1, 0.15) is 5.75 Å². The quantitative estimate of drug-likeness (QED) is 0.377. The van der Waals surface area contributed by atoms with E-state index >= 15 is 0 Å². The highest BCUT2D eigenvalue weighted by molar-refractivity contribution is 5.84. The van der Waals surface area contributed by atoms with E-state index in [1.807, 2.05) is 0 Å². The number of pyridine rings is 1. The van der Waals surface area contributed by atoms with Crippen LogP contribution in [-0.2, 0) is 6.42 Å². The van der Waals surface area contributed by atoms with E-state index in [0.717, 1.165) is 31.4 Å². The van der Waals surface area contributed by atoms with Crippen LogP contribution in [0.25, 0.3) is 0 Å². The SMILES string of the molecule is N=C(CCCCCCCCCCCN)Cc1ccncc1O. The Morgan fingerprint density at radius 2 is 1.59 bits per heavy atom. The van der Waals surface area contributed by atoms with Gasteiger partial charge < -0.3 is 16.2 Å². The van der Waals surface area contributed by atoms with E-state index in [1.165, 1.54) is 51.1 Å². The van der Waals surface area contributed by atoms with Gasteiger partial charge in [-0.25, -0.2) is 0 Å². The van der Waals surface area contributed by atoms with Crippen LogP contribution in [0.3, 0.4) is 0 Å². The molecule has 1 rings (SSSR count). The van der Waals surface area contributed by atoms with Crippen molar-refractivity contribution in [2.24, 2.45) is 5.73 Å². The number of nitrogens with one attached hydrogen (secondary N) is 1. The zero-order chi connectivity index (χ0) is 16.0. The minimum Gasteiger partial charge on any atom is -0.506 e. The first-order valence-electron chi connectivity index (χ1n) is 8.62. The molecule has 0 amide bonds. The number of unbranched alkanes of at least 4 members (excludes halogenated alkanes) is 8. The van der Waals surface area contributed by atoms with E-state index in [2.05, 4.69) is 4.98 Å². The summed E-state index contributed by atoms with van der Waals surface area (Å²) in [6, 6.07) is 1.79. The molecule has 0 aromatic carbocycles. The van der Waals surface area contributed by atoms with Crippen LogP contribution in [0.5, 0.6) is 5.75 Å². The first-order valence-corrected chi connectivity index (χ1v) is 8.62. The summed E-state index contributed by atoms with van der Waals surface area (Å²) < 4.78 is 0. The van der Waals surface area contributed by atoms with Crippen molar-refractivity contribution >= 4 is 5.71 Å². The maximum atomic E-state index is 9.64. The van der Waals surface area contributed by atoms with Crippen molar-refractivity contribution < 1.29 is 5.11 Å². The number of rotatable bonds is 13. The highest BCUT2D eigenvalue weighted by Gasteiger charge is 2.04. The Morgan fingerprint density at radius 3 is 2.18 bits per heavy atom. The molecule has 0 saturated heterocycles. The zero-order valence-electron chi connectivity index (χ0n) is 13.7. The third-order valence-electron chi connectivity index (χ3n) is 3.97. The van der Waals surface area contributed by atoms with Crippen LogP contribution in [-0.4, -0.2) is 22.3 Å². The molecule has 0 unspecified atom stereocenters. The van der Waals surface area contributed by atoms with Crippen molar-refractivity contribution in [2.75, 3.05) is 6.54 Å². The Balaban J connectivity index is 1.96. The maximum Gasteiger partial charge on any atom is 0.137 e. The standard InChI is InChI=1S/C18H31N3O/c19-12-9-7-5-3-1-2-4-6-8-10-17(20)14-16-11-13-21-15-18(16)22/h11,13,15,20,22H,1-10,12,14,19H2. The van der Waals surface area contributed by atoms with Gasteiger partial charge in [0.15, 0.2) is 0 Å². The molecule has 0 aliphatic heterocycles. The van der Waals surface area contributed by atoms with Gasteiger partial charge in [-0.2, -0.15) is 0 Å². The van der Waals surface area contributed by atoms with Gasteiger partial charge in [-0.1, -0.05) is 44.9 Å². The van der Waals surface area contributed by atoms with Crippen molar-refractivity contribution in [3.8, 4) is 5.75 Å². The molecule has 0 aliphatic rings. The summed E-state index contributed by atoms with van der Waals surface area (Å²) in [4.78, 5) is 3.85. The molecule has 0 atom stereocenters. The van der Waals surface area contributed by atoms with Crippen LogP contribution >= 0.6 is 0 Å². The van der Waals surface area contributed by atoms with Gasteiger partial charge in [0, 0.05) is 23.9 Å². The Bertz CT molecular complexity index is 421. The second-order valence-corrected chi connectivity index (χ2v) is 6.01. The van der Waals surface area contributed by atoms with Gasteiger partial charge in [0.2, 0.25) is 0 Å². The predicted octanol–water partition coefficient (Wildman–Crippen LogP) is 4.21. The fourth-order valence-corrected chi connectivity index (χ4v) is 2.60. The van der Waals surface area contributed by atoms with Crippen LogP contribution in [0.15, 0.2) is 18.5 Å². The van der Waals surface area contributed by atoms with E-state index in [1.54, 1.807) is 12.3 Å². The monoisotopic (exact) mass is 305 g/mol. The largest absolute Gasteiger partial charge is 0.506 e. The molecule has 4 heteroatoms. The molecule has 1 aromatic heterocycles. The van der Waals surface area contributed by atoms with E-state index < -0.39 is 0 Å². The van der Waals surface area contributed by atoms with E-state index in [0.29, 0.717) is 12.1 Å². The molecule has 1 heterocycles. The Kier molecular flexibility index (Phi) is 10.3. The van der Waals surface area contributed by atoms with Crippen LogP contribution < -0.4 is 5.73 Å². The highest BCUT2D eigenvalue weighted by Crippen LogP contribution is 2.16. The lowest BCUT2D eigenvalue weighted by Gasteiger charge is -2.06. The van der Waals surface area contributed by atoms with Gasteiger partial charge in [-0.05, 0) is 31.9 Å². The molecule has 4 nitrogen and oxygen atoms in total. The van der Waals surface area contributed by atoms with Crippen molar-refractivity contribution in [3.63, 3.8) is 0 Å². The van der Waals surface area contributed by atoms with Crippen LogP contribution in [0.2, 0.25) is 0 Å². The number of nitrogens with zero attached hydrogens (tertiary/aromatic N) is 1. The van der Waals surface area contributed by atoms with Crippen LogP contribution in [0, 0.1) is 5.41 Å². The van der Waals surface area contributed by atoms with E-state index in [-0.39, 0.29) is 5.75 Å². The van der Waals surface area contributed by atoms with Crippen LogP contribution in [0.4, 0.5) is 0 Å². The Hall–Kier alpha value is -1.42. The normalized spacial score (nSPS) is 10.8. The van der Waals surface area contributed by atoms with E-state index in [4.69, 9.17) is 11.1 Å². The average Bonchev–Trinajstić information content (AvgIpc) is 2.51. The Morgan fingerprint density at radius 1 is 1.00 bits per heavy atom. The molecular weight excluding hydrogens is 274 g/mol. The summed E-state index contributed by atoms with van der Waals surface area (Å²) >= 11 is 0. The third-order valence-corrected chi connectivity index (χ3v) is 3.97. The smallest absolute Gasteiger partial charge is 0.137 e. The molecule has 4 N–H and O–H groups in total. The van der Waals surface area contributed by atoms with Gasteiger partial charge in [-0.3, -0.25) is 4.98 Å². The predicted molar refractivity (Wildman–Crippen MR) is 92.6 cm³/mol. The summed E-state index contributed by atoms with van der Waals surface area (Å²) in [5.41, 5.74) is 6.97. The summed E-state index contributed by atoms with van der Waals surface area (Å²) in [6.07, 6.45) is 15.7. The average molecular weight is 305 g/mol. The molecule has 0 fully saturated rings. The highest BCUT2D eigenvalue weighted by atomic mass is 16.3. The molecule has 0 radical (unpaired) electrons. The summed E-state index contributed by atoms with van der Waals surface area (Å²) in [6.45, 7) is 0.823. The van der Waals surface area contributed by atoms with Crippen molar-refractivity contribution in [2.45, 2.75) is 70.6 Å². The third kappa shape index (κ3) is 8.78. The molecule has 0 bridgehead atoms. The number of hydrogen-bond acceptors (Lipinski definition) is 4. The van der Waals surface area contributed by atoms with Gasteiger partial charge in [0.05, 0.1) is 6.20 Å². The number of hydrogen-bond donors (Lipinski definition) is 3. The number of nitrogens with two attached hydrogens (primary N) is 1. The van der Waals surface area contributed by atoms with Crippen molar-refractivity contribution in [1.82, 2.24) is 4.98 Å². The number of aromatic hydroxyl groups is 1. The minimum atomic E-state index is 0.196. The lowest BCUT2D eigenvalue weighted by molar-refractivity contribution is 0.467. The van der Waals surface area contributed by atoms with Crippen LogP contribution in [0.1, 0.15) is 69.8 Å². The first kappa shape index (κ1) is 18.6. The molecule has 22 heavy (non-hydrogen) atoms. The summed E-state index contributed by atoms with van der Waals surface area (Å²) in [7, 11) is 0. The molecule has 124 valence electrons. The Labute approximate surface area is 134 Å². The van der Waals surface area contributed by atoms with Gasteiger partial charge in [-0.15, -0.1) is 0 Å². The first-order chi connectivity index (χ1) is 10.7. The van der Waals surface area contributed by atoms with Crippen molar-refractivity contribution in [3.05, 3.63) is 24.0 Å². The van der Waals surface area contributed by atoms with Crippen molar-refractivity contribution in [1.29, 1.82) is 5.41 Å². The second kappa shape index (κ2) is 12.2. The number of aromatic nitrogens is 1. The lowest BCUT2D eigenvalue weighted by atomic mass is 10.0. The fraction of sp³-hybridized carbons (Fsp3) is 0.667. The maximum absolute atomic E-state index is 9.64. The topological polar surface area (TPSA) is 83.0 Å². The van der Waals surface area contributed by atoms with Gasteiger partial charge in [0.25, 0.3) is 0 Å². The molecule has 0 spiro atoms. The summed E-state index contributed by atoms with van der Waals surface area (Å²) in [5, 5.41) is 17.6. The lowest BCUT2D eigenvalue weighted by Crippen LogP contribution is -2.02. The zero-order valence-corrected chi connectivity index (χ0v) is 13.7. The molecule has 0 aliphatic carbocycles. The molecular formula is C18H31N3O. The molecule has 1 aromatic rings. The van der Waals surface area contributed by atoms with Gasteiger partial charge >= 0.3 is 0 Å². The minimum absolute atomic E-state index is 0.196. The fourth-order valence-electron chi connectivity index (χ4n) is 2.60. The van der Waals surface area contributed by atoms with E-state index in [9.17, 15) is 5.11 Å². The second-order valence-electron chi connectivity index (χ2n) is 6.01. The summed E-state index contributed by atoms with van der Waals surface area (Å²) in [5.74, 6) is 0.196. The molecule has 0 saturated carbocycles.